The Kier molecular flexibility index (Phi) is 11.9. The van der Waals surface area contributed by atoms with Crippen LogP contribution in [0.1, 0.15) is 95.7 Å². The lowest BCUT2D eigenvalue weighted by atomic mass is 10.1. The summed E-state index contributed by atoms with van der Waals surface area (Å²) in [5.74, 6) is 0.683. The van der Waals surface area contributed by atoms with Crippen LogP contribution in [0.2, 0.25) is 0 Å². The lowest BCUT2D eigenvalue weighted by Crippen LogP contribution is -2.50. The molecule has 6 atom stereocenters. The van der Waals surface area contributed by atoms with E-state index >= 15 is 0 Å². The molecule has 3 aliphatic rings. The van der Waals surface area contributed by atoms with Crippen molar-refractivity contribution in [3.63, 3.8) is 0 Å². The minimum Gasteiger partial charge on any atom is -0.496 e. The number of likely N-dealkylation sites (tertiary alicyclic amines) is 1. The third-order valence-electron chi connectivity index (χ3n) is 10.7. The van der Waals surface area contributed by atoms with Crippen LogP contribution < -0.4 is 25.7 Å². The van der Waals surface area contributed by atoms with E-state index in [9.17, 15) is 18.6 Å². The Morgan fingerprint density at radius 2 is 1.92 bits per heavy atom. The molecule has 12 nitrogen and oxygen atoms in total. The van der Waals surface area contributed by atoms with E-state index in [1.165, 1.54) is 16.2 Å². The second kappa shape index (κ2) is 16.2. The van der Waals surface area contributed by atoms with Gasteiger partial charge in [0.2, 0.25) is 17.7 Å². The van der Waals surface area contributed by atoms with E-state index < -0.39 is 35.1 Å². The molecular formula is C39H52N6O6S2. The number of methoxy groups -OCH3 is 1. The molecule has 286 valence electrons. The Labute approximate surface area is 318 Å². The van der Waals surface area contributed by atoms with E-state index in [0.717, 1.165) is 72.1 Å². The van der Waals surface area contributed by atoms with Crippen LogP contribution in [0.3, 0.4) is 0 Å². The van der Waals surface area contributed by atoms with E-state index in [-0.39, 0.29) is 47.3 Å². The number of aryl methyl sites for hydroxylation is 1. The zero-order valence-corrected chi connectivity index (χ0v) is 32.9. The number of nitrogens with one attached hydrogen (secondary N) is 1. The van der Waals surface area contributed by atoms with Crippen molar-refractivity contribution in [2.45, 2.75) is 114 Å². The Morgan fingerprint density at radius 1 is 1.15 bits per heavy atom. The van der Waals surface area contributed by atoms with Gasteiger partial charge in [0.1, 0.15) is 45.3 Å². The van der Waals surface area contributed by atoms with Gasteiger partial charge in [0, 0.05) is 34.7 Å². The molecule has 2 saturated carbocycles. The lowest BCUT2D eigenvalue weighted by Gasteiger charge is -2.25. The highest BCUT2D eigenvalue weighted by atomic mass is 32.2. The third kappa shape index (κ3) is 8.92. The highest BCUT2D eigenvalue weighted by Crippen LogP contribution is 2.43. The zero-order valence-electron chi connectivity index (χ0n) is 31.3. The molecule has 3 amide bonds. The first-order valence-electron chi connectivity index (χ1n) is 18.6. The fourth-order valence-corrected chi connectivity index (χ4v) is 8.84. The van der Waals surface area contributed by atoms with Gasteiger partial charge in [-0.2, -0.15) is 0 Å². The minimum atomic E-state index is -1.30. The van der Waals surface area contributed by atoms with Crippen molar-refractivity contribution < 1.29 is 28.1 Å². The maximum Gasteiger partial charge on any atom is 0.240 e. The van der Waals surface area contributed by atoms with Gasteiger partial charge in [-0.25, -0.2) is 14.2 Å². The van der Waals surface area contributed by atoms with Gasteiger partial charge in [-0.15, -0.1) is 11.3 Å². The second-order valence-corrected chi connectivity index (χ2v) is 17.9. The molecule has 1 saturated heterocycles. The monoisotopic (exact) mass is 764 g/mol. The summed E-state index contributed by atoms with van der Waals surface area (Å²) in [5.41, 5.74) is 15.5. The summed E-state index contributed by atoms with van der Waals surface area (Å²) in [6, 6.07) is 4.08. The number of aromatic nitrogens is 2. The molecule has 6 rings (SSSR count). The first kappa shape index (κ1) is 38.8. The first-order valence-corrected chi connectivity index (χ1v) is 20.7. The molecular weight excluding hydrogens is 713 g/mol. The van der Waals surface area contributed by atoms with Crippen molar-refractivity contribution in [3.8, 4) is 22.2 Å². The number of unbranched alkanes of at least 4 members (excludes halogenated alkanes) is 3. The van der Waals surface area contributed by atoms with Gasteiger partial charge in [0.25, 0.3) is 0 Å². The largest absolute Gasteiger partial charge is 0.496 e. The van der Waals surface area contributed by atoms with Gasteiger partial charge in [-0.3, -0.25) is 19.1 Å². The Bertz CT molecular complexity index is 1910. The van der Waals surface area contributed by atoms with Gasteiger partial charge in [-0.1, -0.05) is 38.8 Å². The number of primary amides is 1. The molecule has 0 radical (unpaired) electrons. The molecule has 3 heterocycles. The maximum absolute atomic E-state index is 13.6. The molecule has 2 aromatic heterocycles. The molecule has 0 spiro atoms. The number of benzene rings is 1. The van der Waals surface area contributed by atoms with Crippen LogP contribution in [-0.2, 0) is 25.4 Å². The van der Waals surface area contributed by atoms with E-state index in [1.54, 1.807) is 7.11 Å². The SMILES string of the molecule is COc1ccc2c(OC3CC(C(N)=O)N(C(=O)C(N)CCCCCC=CC4CC4C(=O)NS(=O)C4(C)CC4)C3)cc(-c3nc(C(C)C)cs3)nc2c1C. The molecule has 5 N–H and O–H groups in total. The number of nitrogens with zero attached hydrogens (tertiary/aromatic N) is 3. The van der Waals surface area contributed by atoms with E-state index in [4.69, 9.17) is 30.9 Å². The van der Waals surface area contributed by atoms with Gasteiger partial charge in [0.15, 0.2) is 0 Å². The van der Waals surface area contributed by atoms with E-state index in [1.807, 2.05) is 37.4 Å². The number of allylic oxidation sites excluding steroid dienone is 2. The number of carbonyl (C=O) groups is 3. The molecule has 6 unspecified atom stereocenters. The molecule has 2 aliphatic carbocycles. The van der Waals surface area contributed by atoms with Gasteiger partial charge in [0.05, 0.1) is 35.7 Å². The van der Waals surface area contributed by atoms with E-state index in [0.29, 0.717) is 23.6 Å². The Balaban J connectivity index is 1.02. The first-order chi connectivity index (χ1) is 25.3. The van der Waals surface area contributed by atoms with Crippen molar-refractivity contribution >= 4 is 50.9 Å². The molecule has 3 aromatic rings. The molecule has 3 fully saturated rings. The third-order valence-corrected chi connectivity index (χ3v) is 13.3. The number of amides is 3. The smallest absolute Gasteiger partial charge is 0.240 e. The van der Waals surface area contributed by atoms with Gasteiger partial charge < -0.3 is 25.8 Å². The number of ether oxygens (including phenoxy) is 2. The summed E-state index contributed by atoms with van der Waals surface area (Å²) in [4.78, 5) is 49.8. The number of rotatable bonds is 17. The number of pyridine rings is 1. The summed E-state index contributed by atoms with van der Waals surface area (Å²) in [5, 5.41) is 3.61. The Hall–Kier alpha value is -3.88. The van der Waals surface area contributed by atoms with Crippen molar-refractivity contribution in [1.82, 2.24) is 19.6 Å². The molecule has 1 aromatic carbocycles. The van der Waals surface area contributed by atoms with Crippen LogP contribution in [0.4, 0.5) is 0 Å². The number of thiazole rings is 1. The van der Waals surface area contributed by atoms with Crippen LogP contribution in [0, 0.1) is 18.8 Å². The average Bonchev–Trinajstić information content (AvgIpc) is 3.96. The summed E-state index contributed by atoms with van der Waals surface area (Å²) in [6.45, 7) is 8.28. The fourth-order valence-electron chi connectivity index (χ4n) is 6.84. The zero-order chi connectivity index (χ0) is 38.0. The highest BCUT2D eigenvalue weighted by Gasteiger charge is 2.48. The maximum atomic E-state index is 13.6. The normalized spacial score (nSPS) is 23.0. The van der Waals surface area contributed by atoms with Gasteiger partial charge in [-0.05, 0) is 76.3 Å². The molecule has 1 aliphatic heterocycles. The summed E-state index contributed by atoms with van der Waals surface area (Å²) in [7, 11) is 0.326. The summed E-state index contributed by atoms with van der Waals surface area (Å²) in [6.07, 6.45) is 10.5. The Morgan fingerprint density at radius 3 is 2.60 bits per heavy atom. The number of hydrogen-bond donors (Lipinski definition) is 3. The standard InChI is InChI=1S/C39H52N6O6S2/c1-22(2)30-21-52-37(43-30)29-19-33(26-13-14-32(50-5)23(3)34(26)42-29)51-25-18-31(35(41)46)45(20-25)38(48)28(40)12-10-8-6-7-9-11-24-17-27(24)36(47)44-53(49)39(4)15-16-39/h9,11,13-14,19,21-22,24-25,27-28,31H,6-8,10,12,15-18,20,40H2,1-5H3,(H2,41,46)(H,44,47). The van der Waals surface area contributed by atoms with Crippen molar-refractivity contribution in [3.05, 3.63) is 47.0 Å². The number of nitrogens with two attached hydrogens (primary N) is 2. The predicted octanol–water partition coefficient (Wildman–Crippen LogP) is 5.43. The molecule has 0 bridgehead atoms. The summed E-state index contributed by atoms with van der Waals surface area (Å²) < 4.78 is 26.9. The van der Waals surface area contributed by atoms with Crippen LogP contribution in [0.5, 0.6) is 11.5 Å². The van der Waals surface area contributed by atoms with Gasteiger partial charge >= 0.3 is 0 Å². The molecule has 14 heteroatoms. The lowest BCUT2D eigenvalue weighted by molar-refractivity contribution is -0.138. The second-order valence-electron chi connectivity index (χ2n) is 15.3. The van der Waals surface area contributed by atoms with Crippen LogP contribution >= 0.6 is 11.3 Å². The van der Waals surface area contributed by atoms with Crippen LogP contribution in [0.25, 0.3) is 21.6 Å². The van der Waals surface area contributed by atoms with Crippen molar-refractivity contribution in [2.75, 3.05) is 13.7 Å². The van der Waals surface area contributed by atoms with E-state index in [2.05, 4.69) is 30.7 Å². The highest BCUT2D eigenvalue weighted by molar-refractivity contribution is 7.85. The number of fused-ring (bicyclic) bond motifs is 1. The fraction of sp³-hybridized carbons (Fsp3) is 0.564. The topological polar surface area (TPSA) is 180 Å². The van der Waals surface area contributed by atoms with Crippen molar-refractivity contribution in [1.29, 1.82) is 0 Å². The summed E-state index contributed by atoms with van der Waals surface area (Å²) >= 11 is 1.52. The average molecular weight is 765 g/mol. The molecule has 53 heavy (non-hydrogen) atoms. The number of carbonyl (C=O) groups excluding carboxylic acids is 3. The van der Waals surface area contributed by atoms with Crippen LogP contribution in [-0.4, -0.2) is 73.4 Å². The number of hydrogen-bond acceptors (Lipinski definition) is 10. The quantitative estimate of drug-likeness (QED) is 0.119. The van der Waals surface area contributed by atoms with Crippen molar-refractivity contribution in [2.24, 2.45) is 23.3 Å². The predicted molar refractivity (Wildman–Crippen MR) is 208 cm³/mol. The van der Waals surface area contributed by atoms with Crippen LogP contribution in [0.15, 0.2) is 35.7 Å². The minimum absolute atomic E-state index is 0.0854.